The average molecular weight is 96.1 g/mol. The molecule has 0 unspecified atom stereocenters. The molecule has 2 nitrogen and oxygen atoms in total. The van der Waals surface area contributed by atoms with Gasteiger partial charge >= 0.3 is 0 Å². The van der Waals surface area contributed by atoms with E-state index in [1.807, 2.05) is 11.6 Å². The van der Waals surface area contributed by atoms with E-state index in [0.717, 1.165) is 13.0 Å². The Morgan fingerprint density at radius 1 is 2.00 bits per heavy atom. The summed E-state index contributed by atoms with van der Waals surface area (Å²) in [6.45, 7) is 5.04. The van der Waals surface area contributed by atoms with E-state index < -0.39 is 0 Å². The molecule has 1 aliphatic heterocycles. The highest BCUT2D eigenvalue weighted by Gasteiger charge is 2.01. The summed E-state index contributed by atoms with van der Waals surface area (Å²) in [4.78, 5) is 0. The van der Waals surface area contributed by atoms with Crippen molar-refractivity contribution in [1.29, 1.82) is 0 Å². The van der Waals surface area contributed by atoms with Crippen LogP contribution in [-0.4, -0.2) is 17.8 Å². The lowest BCUT2D eigenvalue weighted by Crippen LogP contribution is -2.06. The number of rotatable bonds is 1. The SMILES string of the molecule is CCN1[CH]C[C]=N1. The van der Waals surface area contributed by atoms with Crippen molar-refractivity contribution in [1.82, 2.24) is 5.01 Å². The summed E-state index contributed by atoms with van der Waals surface area (Å²) in [5.41, 5.74) is 0. The Hall–Kier alpha value is -0.530. The highest BCUT2D eigenvalue weighted by Crippen LogP contribution is 2.01. The Bertz CT molecular complexity index is 78.1. The molecule has 0 N–H and O–H groups in total. The predicted octanol–water partition coefficient (Wildman–Crippen LogP) is 0.737. The normalized spacial score (nSPS) is 18.7. The van der Waals surface area contributed by atoms with Crippen LogP contribution in [0.1, 0.15) is 13.3 Å². The summed E-state index contributed by atoms with van der Waals surface area (Å²) < 4.78 is 0. The van der Waals surface area contributed by atoms with Crippen LogP contribution in [0.3, 0.4) is 0 Å². The minimum atomic E-state index is 0.883. The summed E-state index contributed by atoms with van der Waals surface area (Å²) in [6.07, 6.45) is 3.70. The average Bonchev–Trinajstić information content (AvgIpc) is 2.14. The van der Waals surface area contributed by atoms with Gasteiger partial charge < -0.3 is 0 Å². The minimum Gasteiger partial charge on any atom is -0.291 e. The molecule has 38 valence electrons. The smallest absolute Gasteiger partial charge is 0.0860 e. The van der Waals surface area contributed by atoms with Crippen LogP contribution in [-0.2, 0) is 0 Å². The van der Waals surface area contributed by atoms with Crippen LogP contribution in [0.4, 0.5) is 0 Å². The van der Waals surface area contributed by atoms with E-state index in [-0.39, 0.29) is 0 Å². The number of nitrogens with zero attached hydrogens (tertiary/aromatic N) is 2. The molecule has 0 atom stereocenters. The van der Waals surface area contributed by atoms with Crippen LogP contribution >= 0.6 is 0 Å². The second kappa shape index (κ2) is 1.96. The maximum Gasteiger partial charge on any atom is 0.0860 e. The molecule has 1 aliphatic rings. The van der Waals surface area contributed by atoms with Gasteiger partial charge in [0.2, 0.25) is 0 Å². The van der Waals surface area contributed by atoms with Crippen molar-refractivity contribution in [2.75, 3.05) is 6.54 Å². The van der Waals surface area contributed by atoms with Crippen molar-refractivity contribution in [2.24, 2.45) is 5.10 Å². The molecular formula is C5H8N2. The van der Waals surface area contributed by atoms with Gasteiger partial charge in [-0.15, -0.1) is 0 Å². The first-order valence-electron chi connectivity index (χ1n) is 2.47. The van der Waals surface area contributed by atoms with Gasteiger partial charge in [0.05, 0.1) is 12.8 Å². The van der Waals surface area contributed by atoms with Crippen LogP contribution in [0.2, 0.25) is 0 Å². The number of hydrazone groups is 1. The van der Waals surface area contributed by atoms with Crippen molar-refractivity contribution < 1.29 is 0 Å². The number of hydrogen-bond acceptors (Lipinski definition) is 2. The zero-order valence-electron chi connectivity index (χ0n) is 4.39. The van der Waals surface area contributed by atoms with E-state index in [1.54, 1.807) is 0 Å². The van der Waals surface area contributed by atoms with Gasteiger partial charge in [-0.1, -0.05) is 0 Å². The summed E-state index contributed by atoms with van der Waals surface area (Å²) in [6, 6.07) is 0. The first kappa shape index (κ1) is 4.62. The van der Waals surface area contributed by atoms with Gasteiger partial charge in [0.15, 0.2) is 0 Å². The fraction of sp³-hybridized carbons (Fsp3) is 0.600. The van der Waals surface area contributed by atoms with E-state index in [4.69, 9.17) is 0 Å². The van der Waals surface area contributed by atoms with Gasteiger partial charge in [-0.05, 0) is 6.92 Å². The molecule has 1 rings (SSSR count). The lowest BCUT2D eigenvalue weighted by atomic mass is 10.5. The van der Waals surface area contributed by atoms with Gasteiger partial charge in [-0.25, -0.2) is 0 Å². The largest absolute Gasteiger partial charge is 0.291 e. The van der Waals surface area contributed by atoms with Crippen LogP contribution in [0, 0.1) is 6.54 Å². The third-order valence-corrected chi connectivity index (χ3v) is 0.916. The van der Waals surface area contributed by atoms with Crippen molar-refractivity contribution in [3.8, 4) is 0 Å². The minimum absolute atomic E-state index is 0.883. The van der Waals surface area contributed by atoms with Crippen molar-refractivity contribution >= 4 is 6.21 Å². The molecular weight excluding hydrogens is 88.1 g/mol. The van der Waals surface area contributed by atoms with Gasteiger partial charge in [0.25, 0.3) is 0 Å². The third kappa shape index (κ3) is 0.918. The van der Waals surface area contributed by atoms with Crippen LogP contribution in [0.5, 0.6) is 0 Å². The second-order valence-corrected chi connectivity index (χ2v) is 1.40. The Morgan fingerprint density at radius 3 is 3.14 bits per heavy atom. The second-order valence-electron chi connectivity index (χ2n) is 1.40. The molecule has 0 aromatic rings. The maximum absolute atomic E-state index is 3.88. The molecule has 1 heterocycles. The van der Waals surface area contributed by atoms with Gasteiger partial charge in [-0.3, -0.25) is 5.01 Å². The maximum atomic E-state index is 3.88. The zero-order valence-corrected chi connectivity index (χ0v) is 4.39. The molecule has 0 bridgehead atoms. The molecule has 0 saturated carbocycles. The summed E-state index contributed by atoms with van der Waals surface area (Å²) in [5, 5.41) is 5.76. The van der Waals surface area contributed by atoms with Gasteiger partial charge in [0.1, 0.15) is 0 Å². The van der Waals surface area contributed by atoms with Gasteiger partial charge in [0, 0.05) is 13.0 Å². The van der Waals surface area contributed by atoms with Crippen molar-refractivity contribution in [3.05, 3.63) is 6.54 Å². The third-order valence-electron chi connectivity index (χ3n) is 0.916. The van der Waals surface area contributed by atoms with E-state index in [9.17, 15) is 0 Å². The number of hydrogen-bond donors (Lipinski definition) is 0. The lowest BCUT2D eigenvalue weighted by Gasteiger charge is -2.06. The van der Waals surface area contributed by atoms with Crippen molar-refractivity contribution in [3.63, 3.8) is 0 Å². The quantitative estimate of drug-likeness (QED) is 0.470. The van der Waals surface area contributed by atoms with Crippen LogP contribution < -0.4 is 0 Å². The predicted molar refractivity (Wildman–Crippen MR) is 28.7 cm³/mol. The molecule has 7 heavy (non-hydrogen) atoms. The Balaban J connectivity index is 2.28. The first-order valence-corrected chi connectivity index (χ1v) is 2.47. The van der Waals surface area contributed by atoms with Gasteiger partial charge in [-0.2, -0.15) is 5.10 Å². The molecule has 0 saturated heterocycles. The molecule has 0 amide bonds. The molecule has 2 heteroatoms. The standard InChI is InChI=1S/C5H8N2/c1-2-7-5-3-4-6-7/h5H,2-3H2,1H3. The van der Waals surface area contributed by atoms with E-state index in [1.165, 1.54) is 0 Å². The van der Waals surface area contributed by atoms with Crippen LogP contribution in [0.25, 0.3) is 0 Å². The molecule has 2 radical (unpaired) electrons. The Morgan fingerprint density at radius 2 is 2.86 bits per heavy atom. The highest BCUT2D eigenvalue weighted by atomic mass is 15.5. The van der Waals surface area contributed by atoms with Crippen molar-refractivity contribution in [2.45, 2.75) is 13.3 Å². The highest BCUT2D eigenvalue weighted by molar-refractivity contribution is 5.60. The fourth-order valence-electron chi connectivity index (χ4n) is 0.518. The summed E-state index contributed by atoms with van der Waals surface area (Å²) >= 11 is 0. The molecule has 0 aromatic carbocycles. The monoisotopic (exact) mass is 96.1 g/mol. The first-order chi connectivity index (χ1) is 3.43. The zero-order chi connectivity index (χ0) is 5.11. The van der Waals surface area contributed by atoms with Crippen LogP contribution in [0.15, 0.2) is 5.10 Å². The molecule has 0 spiro atoms. The lowest BCUT2D eigenvalue weighted by molar-refractivity contribution is 0.393. The summed E-state index contributed by atoms with van der Waals surface area (Å²) in [7, 11) is 0. The Kier molecular flexibility index (Phi) is 1.29. The molecule has 0 aliphatic carbocycles. The van der Waals surface area contributed by atoms with E-state index >= 15 is 0 Å². The molecule has 0 fully saturated rings. The topological polar surface area (TPSA) is 15.6 Å². The van der Waals surface area contributed by atoms with E-state index in [2.05, 4.69) is 18.2 Å². The van der Waals surface area contributed by atoms with E-state index in [0.29, 0.717) is 0 Å². The fourth-order valence-corrected chi connectivity index (χ4v) is 0.518. The Labute approximate surface area is 43.8 Å². The summed E-state index contributed by atoms with van der Waals surface area (Å²) in [5.74, 6) is 0. The molecule has 0 aromatic heterocycles.